The first-order chi connectivity index (χ1) is 13.3. The topological polar surface area (TPSA) is 33.6 Å². The van der Waals surface area contributed by atoms with E-state index in [4.69, 9.17) is 9.73 Å². The predicted molar refractivity (Wildman–Crippen MR) is 110 cm³/mol. The standard InChI is InChI=1S/C24H22N2O/c1-6-14-23(15-7-1)19-10-4-5-11-20(19)26-24(23)16-25-22-18-9-3-2-8-17(18)12-13-21(22)27-24/h2-5,8-13,16,26H,1,6-7,14-15H2. The summed E-state index contributed by atoms with van der Waals surface area (Å²) < 4.78 is 6.80. The zero-order valence-electron chi connectivity index (χ0n) is 15.2. The van der Waals surface area contributed by atoms with E-state index in [0.717, 1.165) is 29.7 Å². The Bertz CT molecular complexity index is 1080. The molecule has 0 amide bonds. The number of aliphatic imine (C=N–C) groups is 1. The number of anilines is 1. The molecule has 6 rings (SSSR count). The van der Waals surface area contributed by atoms with Crippen LogP contribution in [0.15, 0.2) is 65.7 Å². The maximum atomic E-state index is 6.80. The minimum atomic E-state index is -0.591. The smallest absolute Gasteiger partial charge is 0.227 e. The van der Waals surface area contributed by atoms with E-state index < -0.39 is 5.72 Å². The van der Waals surface area contributed by atoms with Gasteiger partial charge in [0.25, 0.3) is 0 Å². The molecule has 1 saturated carbocycles. The third-order valence-corrected chi connectivity index (χ3v) is 6.69. The molecule has 2 heterocycles. The third-order valence-electron chi connectivity index (χ3n) is 6.69. The third kappa shape index (κ3) is 1.94. The average Bonchev–Trinajstić information content (AvgIpc) is 2.97. The minimum Gasteiger partial charge on any atom is -0.460 e. The number of nitrogens with zero attached hydrogens (tertiary/aromatic N) is 1. The van der Waals surface area contributed by atoms with Crippen LogP contribution in [0.25, 0.3) is 10.8 Å². The van der Waals surface area contributed by atoms with E-state index in [9.17, 15) is 0 Å². The number of fused-ring (bicyclic) bond motifs is 6. The molecule has 3 nitrogen and oxygen atoms in total. The molecule has 1 fully saturated rings. The van der Waals surface area contributed by atoms with Gasteiger partial charge in [-0.3, -0.25) is 4.99 Å². The molecule has 0 radical (unpaired) electrons. The van der Waals surface area contributed by atoms with Gasteiger partial charge in [0.05, 0.1) is 11.6 Å². The molecule has 0 aromatic heterocycles. The largest absolute Gasteiger partial charge is 0.460 e. The van der Waals surface area contributed by atoms with Crippen molar-refractivity contribution in [3.63, 3.8) is 0 Å². The fourth-order valence-electron chi connectivity index (χ4n) is 5.41. The average molecular weight is 354 g/mol. The molecule has 134 valence electrons. The van der Waals surface area contributed by atoms with E-state index in [2.05, 4.69) is 66.0 Å². The summed E-state index contributed by atoms with van der Waals surface area (Å²) >= 11 is 0. The van der Waals surface area contributed by atoms with Gasteiger partial charge in [-0.1, -0.05) is 67.8 Å². The summed E-state index contributed by atoms with van der Waals surface area (Å²) in [7, 11) is 0. The van der Waals surface area contributed by atoms with E-state index >= 15 is 0 Å². The summed E-state index contributed by atoms with van der Waals surface area (Å²) in [5.41, 5.74) is 2.89. The first-order valence-corrected chi connectivity index (χ1v) is 9.95. The minimum absolute atomic E-state index is 0.0469. The van der Waals surface area contributed by atoms with Crippen LogP contribution in [0.1, 0.15) is 37.7 Å². The summed E-state index contributed by atoms with van der Waals surface area (Å²) in [6.07, 6.45) is 8.09. The van der Waals surface area contributed by atoms with Crippen molar-refractivity contribution >= 4 is 28.4 Å². The van der Waals surface area contributed by atoms with Crippen LogP contribution in [0.4, 0.5) is 11.4 Å². The molecule has 1 atom stereocenters. The molecule has 3 aromatic rings. The molecule has 3 heteroatoms. The van der Waals surface area contributed by atoms with Crippen molar-refractivity contribution in [3.05, 3.63) is 66.2 Å². The van der Waals surface area contributed by atoms with Crippen molar-refractivity contribution < 1.29 is 4.74 Å². The monoisotopic (exact) mass is 354 g/mol. The van der Waals surface area contributed by atoms with Crippen molar-refractivity contribution in [1.82, 2.24) is 0 Å². The maximum Gasteiger partial charge on any atom is 0.227 e. The Balaban J connectivity index is 1.54. The Hall–Kier alpha value is -2.81. The highest BCUT2D eigenvalue weighted by molar-refractivity contribution is 5.99. The van der Waals surface area contributed by atoms with Crippen molar-refractivity contribution in [2.45, 2.75) is 43.2 Å². The van der Waals surface area contributed by atoms with E-state index in [1.807, 2.05) is 6.21 Å². The van der Waals surface area contributed by atoms with Gasteiger partial charge in [-0.05, 0) is 35.9 Å². The summed E-state index contributed by atoms with van der Waals surface area (Å²) in [5.74, 6) is 0.876. The molecule has 1 N–H and O–H groups in total. The van der Waals surface area contributed by atoms with Crippen molar-refractivity contribution in [3.8, 4) is 5.75 Å². The highest BCUT2D eigenvalue weighted by Gasteiger charge is 2.60. The number of para-hydroxylation sites is 1. The van der Waals surface area contributed by atoms with Gasteiger partial charge in [0, 0.05) is 11.1 Å². The second-order valence-corrected chi connectivity index (χ2v) is 8.04. The molecule has 0 bridgehead atoms. The van der Waals surface area contributed by atoms with Crippen LogP contribution in [0.3, 0.4) is 0 Å². The highest BCUT2D eigenvalue weighted by atomic mass is 16.5. The molecule has 3 aromatic carbocycles. The van der Waals surface area contributed by atoms with Gasteiger partial charge >= 0.3 is 0 Å². The van der Waals surface area contributed by atoms with Crippen LogP contribution in [-0.2, 0) is 5.41 Å². The fourth-order valence-corrected chi connectivity index (χ4v) is 5.41. The quantitative estimate of drug-likeness (QED) is 0.540. The van der Waals surface area contributed by atoms with Crippen molar-refractivity contribution in [2.75, 3.05) is 5.32 Å². The molecule has 0 saturated heterocycles. The van der Waals surface area contributed by atoms with E-state index in [0.29, 0.717) is 0 Å². The van der Waals surface area contributed by atoms with Crippen LogP contribution < -0.4 is 10.1 Å². The fraction of sp³-hybridized carbons (Fsp3) is 0.292. The molecule has 3 aliphatic rings. The van der Waals surface area contributed by atoms with Crippen LogP contribution in [0.5, 0.6) is 5.75 Å². The first kappa shape index (κ1) is 15.3. The van der Waals surface area contributed by atoms with Gasteiger partial charge < -0.3 is 10.1 Å². The second-order valence-electron chi connectivity index (χ2n) is 8.04. The zero-order valence-corrected chi connectivity index (χ0v) is 15.2. The Labute approximate surface area is 159 Å². The van der Waals surface area contributed by atoms with E-state index in [1.54, 1.807) is 0 Å². The summed E-state index contributed by atoms with van der Waals surface area (Å²) in [5, 5.41) is 6.07. The summed E-state index contributed by atoms with van der Waals surface area (Å²) in [4.78, 5) is 4.98. The van der Waals surface area contributed by atoms with Gasteiger partial charge in [0.1, 0.15) is 11.4 Å². The SMILES string of the molecule is C1=Nc2c(ccc3ccccc23)OC12Nc1ccccc1C21CCCCC1. The van der Waals surface area contributed by atoms with Gasteiger partial charge in [0.15, 0.2) is 0 Å². The second kappa shape index (κ2) is 5.35. The molecule has 2 spiro atoms. The van der Waals surface area contributed by atoms with Crippen LogP contribution in [0, 0.1) is 0 Å². The Morgan fingerprint density at radius 2 is 1.67 bits per heavy atom. The lowest BCUT2D eigenvalue weighted by Gasteiger charge is -2.47. The number of hydrogen-bond donors (Lipinski definition) is 1. The van der Waals surface area contributed by atoms with Crippen LogP contribution in [0.2, 0.25) is 0 Å². The maximum absolute atomic E-state index is 6.80. The lowest BCUT2D eigenvalue weighted by Crippen LogP contribution is -2.59. The molecule has 1 unspecified atom stereocenters. The lowest BCUT2D eigenvalue weighted by atomic mass is 9.64. The van der Waals surface area contributed by atoms with E-state index in [-0.39, 0.29) is 5.41 Å². The molecule has 1 aliphatic carbocycles. The Morgan fingerprint density at radius 3 is 2.59 bits per heavy atom. The number of nitrogens with one attached hydrogen (secondary N) is 1. The summed E-state index contributed by atoms with van der Waals surface area (Å²) in [6, 6.07) is 21.3. The van der Waals surface area contributed by atoms with Gasteiger partial charge in [-0.2, -0.15) is 0 Å². The Kier molecular flexibility index (Phi) is 3.03. The zero-order chi connectivity index (χ0) is 17.9. The molecular weight excluding hydrogens is 332 g/mol. The van der Waals surface area contributed by atoms with Gasteiger partial charge in [0.2, 0.25) is 5.72 Å². The van der Waals surface area contributed by atoms with E-state index in [1.165, 1.54) is 35.9 Å². The summed E-state index contributed by atoms with van der Waals surface area (Å²) in [6.45, 7) is 0. The normalized spacial score (nSPS) is 24.4. The predicted octanol–water partition coefficient (Wildman–Crippen LogP) is 5.96. The molecular formula is C24H22N2O. The molecule has 27 heavy (non-hydrogen) atoms. The Morgan fingerprint density at radius 1 is 0.852 bits per heavy atom. The van der Waals surface area contributed by atoms with Crippen molar-refractivity contribution in [2.24, 2.45) is 4.99 Å². The van der Waals surface area contributed by atoms with Gasteiger partial charge in [-0.15, -0.1) is 0 Å². The van der Waals surface area contributed by atoms with Gasteiger partial charge in [-0.25, -0.2) is 0 Å². The lowest BCUT2D eigenvalue weighted by molar-refractivity contribution is 0.0598. The van der Waals surface area contributed by atoms with Crippen LogP contribution >= 0.6 is 0 Å². The van der Waals surface area contributed by atoms with Crippen molar-refractivity contribution in [1.29, 1.82) is 0 Å². The first-order valence-electron chi connectivity index (χ1n) is 9.95. The number of rotatable bonds is 0. The number of hydrogen-bond acceptors (Lipinski definition) is 3. The van der Waals surface area contributed by atoms with Crippen LogP contribution in [-0.4, -0.2) is 11.9 Å². The highest BCUT2D eigenvalue weighted by Crippen LogP contribution is 2.57. The molecule has 2 aliphatic heterocycles. The number of benzene rings is 3. The number of ether oxygens (including phenoxy) is 1.